The van der Waals surface area contributed by atoms with Crippen LogP contribution in [0.15, 0.2) is 22.0 Å². The van der Waals surface area contributed by atoms with Crippen LogP contribution >= 0.6 is 0 Å². The van der Waals surface area contributed by atoms with E-state index in [9.17, 15) is 14.4 Å². The normalized spacial score (nSPS) is 16.8. The van der Waals surface area contributed by atoms with Gasteiger partial charge in [0.25, 0.3) is 5.56 Å². The van der Waals surface area contributed by atoms with Crippen molar-refractivity contribution in [1.29, 1.82) is 0 Å². The molecule has 1 fully saturated rings. The lowest BCUT2D eigenvalue weighted by Gasteiger charge is -2.14. The number of ketones is 1. The van der Waals surface area contributed by atoms with Gasteiger partial charge in [-0.05, 0) is 32.8 Å². The maximum Gasteiger partial charge on any atom is 0.332 e. The van der Waals surface area contributed by atoms with Crippen LogP contribution in [0, 0.1) is 13.8 Å². The Bertz CT molecular complexity index is 1220. The average Bonchev–Trinajstić information content (AvgIpc) is 3.41. The number of carbonyl (C=O) groups is 1. The molecule has 4 heterocycles. The Morgan fingerprint density at radius 2 is 2.00 bits per heavy atom. The summed E-state index contributed by atoms with van der Waals surface area (Å²) in [4.78, 5) is 41.9. The predicted octanol–water partition coefficient (Wildman–Crippen LogP) is 0.914. The Hall–Kier alpha value is -2.94. The van der Waals surface area contributed by atoms with Gasteiger partial charge in [0.15, 0.2) is 16.9 Å². The summed E-state index contributed by atoms with van der Waals surface area (Å²) < 4.78 is 11.7. The Labute approximate surface area is 167 Å². The maximum absolute atomic E-state index is 13.1. The lowest BCUT2D eigenvalue weighted by atomic mass is 10.1. The highest BCUT2D eigenvalue weighted by molar-refractivity contribution is 5.98. The van der Waals surface area contributed by atoms with Gasteiger partial charge in [-0.1, -0.05) is 0 Å². The van der Waals surface area contributed by atoms with Crippen LogP contribution in [0.3, 0.4) is 0 Å². The zero-order valence-corrected chi connectivity index (χ0v) is 17.1. The summed E-state index contributed by atoms with van der Waals surface area (Å²) in [6, 6.07) is 1.89. The average molecular weight is 399 g/mol. The molecule has 1 aliphatic rings. The number of carbonyl (C=O) groups excluding carboxylic acids is 1. The van der Waals surface area contributed by atoms with Crippen molar-refractivity contribution in [2.24, 2.45) is 14.1 Å². The molecule has 1 atom stereocenters. The van der Waals surface area contributed by atoms with Crippen molar-refractivity contribution in [3.63, 3.8) is 0 Å². The van der Waals surface area contributed by atoms with Crippen LogP contribution in [-0.2, 0) is 31.9 Å². The molecule has 29 heavy (non-hydrogen) atoms. The first-order valence-electron chi connectivity index (χ1n) is 9.72. The SMILES string of the molecule is Cc1cc(C(=O)Cn2cnc3c2c(=O)n(C)c(=O)n3C)c(C)n1CC1CCCO1. The van der Waals surface area contributed by atoms with Crippen LogP contribution in [0.1, 0.15) is 34.6 Å². The minimum Gasteiger partial charge on any atom is -0.376 e. The third-order valence-electron chi connectivity index (χ3n) is 5.82. The minimum absolute atomic E-state index is 0.0197. The van der Waals surface area contributed by atoms with Gasteiger partial charge in [0.05, 0.1) is 19.0 Å². The summed E-state index contributed by atoms with van der Waals surface area (Å²) in [6.45, 7) is 5.43. The number of hydrogen-bond donors (Lipinski definition) is 0. The molecule has 1 aliphatic heterocycles. The van der Waals surface area contributed by atoms with E-state index in [0.717, 1.165) is 41.9 Å². The number of rotatable bonds is 5. The smallest absolute Gasteiger partial charge is 0.332 e. The van der Waals surface area contributed by atoms with Crippen LogP contribution < -0.4 is 11.2 Å². The summed E-state index contributed by atoms with van der Waals surface area (Å²) in [5.74, 6) is -0.105. The Morgan fingerprint density at radius 3 is 2.69 bits per heavy atom. The number of imidazole rings is 1. The third kappa shape index (κ3) is 3.15. The monoisotopic (exact) mass is 399 g/mol. The molecule has 0 aliphatic carbocycles. The molecule has 0 N–H and O–H groups in total. The van der Waals surface area contributed by atoms with Crippen LogP contribution in [0.25, 0.3) is 11.2 Å². The standard InChI is InChI=1S/C20H25N5O4/c1-12-8-15(13(2)25(12)9-14-6-5-7-29-14)16(26)10-24-11-21-18-17(24)19(27)23(4)20(28)22(18)3/h8,11,14H,5-7,9-10H2,1-4H3. The molecule has 9 nitrogen and oxygen atoms in total. The van der Waals surface area contributed by atoms with E-state index in [1.54, 1.807) is 7.05 Å². The zero-order valence-electron chi connectivity index (χ0n) is 17.1. The van der Waals surface area contributed by atoms with E-state index in [4.69, 9.17) is 4.74 Å². The van der Waals surface area contributed by atoms with Crippen molar-refractivity contribution in [3.8, 4) is 0 Å². The van der Waals surface area contributed by atoms with Crippen LogP contribution in [0.5, 0.6) is 0 Å². The van der Waals surface area contributed by atoms with E-state index < -0.39 is 11.2 Å². The van der Waals surface area contributed by atoms with Gasteiger partial charge in [-0.15, -0.1) is 0 Å². The number of hydrogen-bond acceptors (Lipinski definition) is 5. The molecule has 4 rings (SSSR count). The first-order valence-corrected chi connectivity index (χ1v) is 9.72. The number of ether oxygens (including phenoxy) is 1. The predicted molar refractivity (Wildman–Crippen MR) is 107 cm³/mol. The van der Waals surface area contributed by atoms with Crippen LogP contribution in [0.2, 0.25) is 0 Å². The van der Waals surface area contributed by atoms with Crippen molar-refractivity contribution in [2.75, 3.05) is 6.61 Å². The molecule has 1 unspecified atom stereocenters. The molecular weight excluding hydrogens is 374 g/mol. The molecule has 0 bridgehead atoms. The van der Waals surface area contributed by atoms with E-state index in [1.807, 2.05) is 19.9 Å². The lowest BCUT2D eigenvalue weighted by Crippen LogP contribution is -2.37. The van der Waals surface area contributed by atoms with Crippen LogP contribution in [-0.4, -0.2) is 41.7 Å². The first kappa shape index (κ1) is 19.4. The third-order valence-corrected chi connectivity index (χ3v) is 5.82. The summed E-state index contributed by atoms with van der Waals surface area (Å²) >= 11 is 0. The topological polar surface area (TPSA) is 93.1 Å². The Kier molecular flexibility index (Phi) is 4.77. The molecule has 3 aromatic heterocycles. The fourth-order valence-electron chi connectivity index (χ4n) is 4.11. The molecule has 3 aromatic rings. The van der Waals surface area contributed by atoms with Gasteiger partial charge in [-0.2, -0.15) is 0 Å². The van der Waals surface area contributed by atoms with Gasteiger partial charge < -0.3 is 13.9 Å². The number of fused-ring (bicyclic) bond motifs is 1. The van der Waals surface area contributed by atoms with E-state index >= 15 is 0 Å². The molecule has 9 heteroatoms. The van der Waals surface area contributed by atoms with E-state index in [0.29, 0.717) is 5.56 Å². The number of Topliss-reactive ketones (excluding diaryl/α,β-unsaturated/α-hetero) is 1. The van der Waals surface area contributed by atoms with Crippen molar-refractivity contribution in [1.82, 2.24) is 23.3 Å². The van der Waals surface area contributed by atoms with Crippen molar-refractivity contribution < 1.29 is 9.53 Å². The molecule has 0 spiro atoms. The second kappa shape index (κ2) is 7.14. The maximum atomic E-state index is 13.1. The lowest BCUT2D eigenvalue weighted by molar-refractivity contribution is 0.0949. The van der Waals surface area contributed by atoms with Crippen molar-refractivity contribution in [3.05, 3.63) is 50.2 Å². The Morgan fingerprint density at radius 1 is 1.24 bits per heavy atom. The van der Waals surface area contributed by atoms with Gasteiger partial charge >= 0.3 is 5.69 Å². The van der Waals surface area contributed by atoms with Crippen molar-refractivity contribution in [2.45, 2.75) is 45.9 Å². The van der Waals surface area contributed by atoms with Gasteiger partial charge in [0, 0.05) is 44.2 Å². The molecule has 0 aromatic carbocycles. The number of nitrogens with zero attached hydrogens (tertiary/aromatic N) is 5. The highest BCUT2D eigenvalue weighted by Crippen LogP contribution is 2.21. The van der Waals surface area contributed by atoms with Gasteiger partial charge in [0.2, 0.25) is 0 Å². The van der Waals surface area contributed by atoms with Crippen molar-refractivity contribution >= 4 is 16.9 Å². The highest BCUT2D eigenvalue weighted by atomic mass is 16.5. The molecule has 0 amide bonds. The Balaban J connectivity index is 1.67. The molecule has 154 valence electrons. The zero-order chi connectivity index (χ0) is 20.9. The quantitative estimate of drug-likeness (QED) is 0.595. The number of aromatic nitrogens is 5. The summed E-state index contributed by atoms with van der Waals surface area (Å²) in [6.07, 6.45) is 3.73. The van der Waals surface area contributed by atoms with Gasteiger partial charge in [-0.25, -0.2) is 9.78 Å². The first-order chi connectivity index (χ1) is 13.8. The molecule has 1 saturated heterocycles. The van der Waals surface area contributed by atoms with Gasteiger partial charge in [-0.3, -0.25) is 18.7 Å². The van der Waals surface area contributed by atoms with E-state index in [-0.39, 0.29) is 29.6 Å². The number of aryl methyl sites for hydroxylation is 2. The molecule has 0 saturated carbocycles. The van der Waals surface area contributed by atoms with Gasteiger partial charge in [0.1, 0.15) is 0 Å². The second-order valence-electron chi connectivity index (χ2n) is 7.70. The largest absolute Gasteiger partial charge is 0.376 e. The van der Waals surface area contributed by atoms with E-state index in [1.165, 1.54) is 22.5 Å². The fourth-order valence-corrected chi connectivity index (χ4v) is 4.11. The summed E-state index contributed by atoms with van der Waals surface area (Å²) in [5.41, 5.74) is 2.15. The molecule has 0 radical (unpaired) electrons. The highest BCUT2D eigenvalue weighted by Gasteiger charge is 2.22. The summed E-state index contributed by atoms with van der Waals surface area (Å²) in [5, 5.41) is 0. The second-order valence-corrected chi connectivity index (χ2v) is 7.70. The summed E-state index contributed by atoms with van der Waals surface area (Å²) in [7, 11) is 2.98. The van der Waals surface area contributed by atoms with Crippen LogP contribution in [0.4, 0.5) is 0 Å². The van der Waals surface area contributed by atoms with E-state index in [2.05, 4.69) is 9.55 Å². The fraction of sp³-hybridized carbons (Fsp3) is 0.500. The molecular formula is C20H25N5O4. The minimum atomic E-state index is -0.461.